The van der Waals surface area contributed by atoms with E-state index in [0.717, 1.165) is 56.9 Å². The van der Waals surface area contributed by atoms with Crippen molar-refractivity contribution < 1.29 is 9.15 Å². The van der Waals surface area contributed by atoms with Gasteiger partial charge in [0.05, 0.1) is 25.8 Å². The van der Waals surface area contributed by atoms with E-state index in [1.807, 2.05) is 13.0 Å². The van der Waals surface area contributed by atoms with Crippen LogP contribution in [-0.2, 0) is 11.3 Å². The van der Waals surface area contributed by atoms with Crippen molar-refractivity contribution in [2.45, 2.75) is 33.4 Å². The molecule has 0 saturated carbocycles. The first-order valence-corrected chi connectivity index (χ1v) is 10.1. The molecule has 0 bridgehead atoms. The molecule has 0 radical (unpaired) electrons. The van der Waals surface area contributed by atoms with Crippen LogP contribution >= 0.6 is 0 Å². The van der Waals surface area contributed by atoms with Gasteiger partial charge in [-0.15, -0.1) is 0 Å². The minimum atomic E-state index is 0.154. The van der Waals surface area contributed by atoms with Crippen molar-refractivity contribution in [1.82, 2.24) is 15.5 Å². The van der Waals surface area contributed by atoms with Gasteiger partial charge in [-0.2, -0.15) is 0 Å². The van der Waals surface area contributed by atoms with Gasteiger partial charge in [0.15, 0.2) is 5.96 Å². The molecule has 1 atom stereocenters. The van der Waals surface area contributed by atoms with Crippen molar-refractivity contribution in [1.29, 1.82) is 0 Å². The Bertz CT molecular complexity index is 748. The summed E-state index contributed by atoms with van der Waals surface area (Å²) < 4.78 is 11.5. The van der Waals surface area contributed by atoms with Crippen molar-refractivity contribution in [3.8, 4) is 0 Å². The fraction of sp³-hybridized carbons (Fsp3) is 0.500. The van der Waals surface area contributed by atoms with Crippen molar-refractivity contribution in [3.63, 3.8) is 0 Å². The quantitative estimate of drug-likeness (QED) is 0.568. The van der Waals surface area contributed by atoms with Crippen LogP contribution in [0.25, 0.3) is 0 Å². The summed E-state index contributed by atoms with van der Waals surface area (Å²) in [4.78, 5) is 7.16. The molecule has 2 N–H and O–H groups in total. The number of benzene rings is 1. The summed E-state index contributed by atoms with van der Waals surface area (Å²) in [7, 11) is 0. The largest absolute Gasteiger partial charge is 0.465 e. The Kier molecular flexibility index (Phi) is 7.51. The van der Waals surface area contributed by atoms with Gasteiger partial charge in [-0.1, -0.05) is 29.8 Å². The zero-order valence-corrected chi connectivity index (χ0v) is 17.2. The Morgan fingerprint density at radius 2 is 1.82 bits per heavy atom. The van der Waals surface area contributed by atoms with Crippen LogP contribution in [-0.4, -0.2) is 50.3 Å². The molecular formula is C22H32N4O2. The van der Waals surface area contributed by atoms with Crippen LogP contribution in [0.15, 0.2) is 45.8 Å². The molecule has 1 aromatic carbocycles. The summed E-state index contributed by atoms with van der Waals surface area (Å²) >= 11 is 0. The van der Waals surface area contributed by atoms with Gasteiger partial charge >= 0.3 is 0 Å². The molecule has 1 aromatic heterocycles. The highest BCUT2D eigenvalue weighted by Crippen LogP contribution is 2.23. The number of furan rings is 1. The van der Waals surface area contributed by atoms with Crippen LogP contribution in [0.1, 0.15) is 35.6 Å². The predicted octanol–water partition coefficient (Wildman–Crippen LogP) is 3.03. The molecule has 6 nitrogen and oxygen atoms in total. The van der Waals surface area contributed by atoms with Crippen molar-refractivity contribution in [3.05, 3.63) is 59.0 Å². The third kappa shape index (κ3) is 5.84. The molecule has 0 spiro atoms. The van der Waals surface area contributed by atoms with Gasteiger partial charge in [0.2, 0.25) is 0 Å². The molecule has 1 saturated heterocycles. The molecule has 1 aliphatic rings. The number of hydrogen-bond acceptors (Lipinski definition) is 4. The van der Waals surface area contributed by atoms with Crippen LogP contribution in [0.3, 0.4) is 0 Å². The summed E-state index contributed by atoms with van der Waals surface area (Å²) in [5.74, 6) is 2.75. The standard InChI is InChI=1S/C22H32N4O2/c1-4-23-22(24-15-19-8-5-17(2)6-9-19)25-16-20(21-10-7-18(3)28-21)26-11-13-27-14-12-26/h5-10,20H,4,11-16H2,1-3H3,(H2,23,24,25). The summed E-state index contributed by atoms with van der Waals surface area (Å²) in [6.45, 7) is 11.7. The predicted molar refractivity (Wildman–Crippen MR) is 113 cm³/mol. The van der Waals surface area contributed by atoms with Crippen molar-refractivity contribution in [2.24, 2.45) is 4.99 Å². The van der Waals surface area contributed by atoms with E-state index in [9.17, 15) is 0 Å². The Hall–Kier alpha value is -2.31. The molecule has 1 aliphatic heterocycles. The number of nitrogens with zero attached hydrogens (tertiary/aromatic N) is 2. The van der Waals surface area contributed by atoms with Gasteiger partial charge in [-0.25, -0.2) is 4.99 Å². The second kappa shape index (κ2) is 10.3. The number of guanidine groups is 1. The first-order valence-electron chi connectivity index (χ1n) is 10.1. The Balaban J connectivity index is 1.67. The summed E-state index contributed by atoms with van der Waals surface area (Å²) in [6.07, 6.45) is 0. The molecule has 3 rings (SSSR count). The van der Waals surface area contributed by atoms with Gasteiger partial charge in [-0.3, -0.25) is 4.90 Å². The number of nitrogens with one attached hydrogen (secondary N) is 2. The van der Waals surface area contributed by atoms with E-state index in [2.05, 4.69) is 59.7 Å². The highest BCUT2D eigenvalue weighted by molar-refractivity contribution is 5.79. The zero-order chi connectivity index (χ0) is 19.8. The van der Waals surface area contributed by atoms with E-state index in [4.69, 9.17) is 14.1 Å². The number of hydrogen-bond donors (Lipinski definition) is 2. The van der Waals surface area contributed by atoms with Crippen LogP contribution in [0, 0.1) is 13.8 Å². The number of aryl methyl sites for hydroxylation is 2. The maximum atomic E-state index is 5.95. The molecule has 0 aliphatic carbocycles. The Morgan fingerprint density at radius 1 is 1.07 bits per heavy atom. The summed E-state index contributed by atoms with van der Waals surface area (Å²) in [6, 6.07) is 12.8. The average Bonchev–Trinajstić information content (AvgIpc) is 3.14. The second-order valence-electron chi connectivity index (χ2n) is 7.17. The maximum absolute atomic E-state index is 5.95. The molecule has 6 heteroatoms. The molecule has 0 amide bonds. The molecule has 1 fully saturated rings. The van der Waals surface area contributed by atoms with Gasteiger partial charge in [-0.05, 0) is 38.5 Å². The Morgan fingerprint density at radius 3 is 2.46 bits per heavy atom. The smallest absolute Gasteiger partial charge is 0.191 e. The normalized spacial score (nSPS) is 16.8. The number of morpholine rings is 1. The first kappa shape index (κ1) is 20.4. The van der Waals surface area contributed by atoms with Crippen molar-refractivity contribution >= 4 is 5.96 Å². The first-order chi connectivity index (χ1) is 13.7. The van der Waals surface area contributed by atoms with Gasteiger partial charge < -0.3 is 19.8 Å². The fourth-order valence-electron chi connectivity index (χ4n) is 3.33. The van der Waals surface area contributed by atoms with Crippen LogP contribution in [0.4, 0.5) is 0 Å². The SMILES string of the molecule is CCNC(=NCc1ccc(C)cc1)NCC(c1ccc(C)o1)N1CCOCC1. The zero-order valence-electron chi connectivity index (χ0n) is 17.2. The molecule has 28 heavy (non-hydrogen) atoms. The molecule has 152 valence electrons. The minimum Gasteiger partial charge on any atom is -0.465 e. The topological polar surface area (TPSA) is 62.0 Å². The van der Waals surface area contributed by atoms with E-state index in [1.165, 1.54) is 11.1 Å². The minimum absolute atomic E-state index is 0.154. The third-order valence-electron chi connectivity index (χ3n) is 4.92. The van der Waals surface area contributed by atoms with Crippen LogP contribution in [0.5, 0.6) is 0 Å². The highest BCUT2D eigenvalue weighted by Gasteiger charge is 2.25. The molecule has 1 unspecified atom stereocenters. The lowest BCUT2D eigenvalue weighted by atomic mass is 10.1. The third-order valence-corrected chi connectivity index (χ3v) is 4.92. The summed E-state index contributed by atoms with van der Waals surface area (Å²) in [5.41, 5.74) is 2.47. The maximum Gasteiger partial charge on any atom is 0.191 e. The molecular weight excluding hydrogens is 352 g/mol. The summed E-state index contributed by atoms with van der Waals surface area (Å²) in [5, 5.41) is 6.85. The number of ether oxygens (including phenoxy) is 1. The number of rotatable bonds is 7. The second-order valence-corrected chi connectivity index (χ2v) is 7.17. The van der Waals surface area contributed by atoms with Gasteiger partial charge in [0.1, 0.15) is 11.5 Å². The van der Waals surface area contributed by atoms with E-state index >= 15 is 0 Å². The van der Waals surface area contributed by atoms with E-state index < -0.39 is 0 Å². The van der Waals surface area contributed by atoms with Crippen LogP contribution in [0.2, 0.25) is 0 Å². The average molecular weight is 385 g/mol. The van der Waals surface area contributed by atoms with E-state index in [-0.39, 0.29) is 6.04 Å². The lowest BCUT2D eigenvalue weighted by molar-refractivity contribution is 0.0124. The van der Waals surface area contributed by atoms with E-state index in [0.29, 0.717) is 6.54 Å². The van der Waals surface area contributed by atoms with E-state index in [1.54, 1.807) is 0 Å². The lowest BCUT2D eigenvalue weighted by Gasteiger charge is -2.33. The number of aliphatic imine (C=N–C) groups is 1. The monoisotopic (exact) mass is 384 g/mol. The lowest BCUT2D eigenvalue weighted by Crippen LogP contribution is -2.46. The van der Waals surface area contributed by atoms with Crippen molar-refractivity contribution in [2.75, 3.05) is 39.4 Å². The highest BCUT2D eigenvalue weighted by atomic mass is 16.5. The Labute approximate surface area is 168 Å². The van der Waals surface area contributed by atoms with Gasteiger partial charge in [0.25, 0.3) is 0 Å². The molecule has 2 aromatic rings. The van der Waals surface area contributed by atoms with Crippen LogP contribution < -0.4 is 10.6 Å². The van der Waals surface area contributed by atoms with Gasteiger partial charge in [0, 0.05) is 26.2 Å². The fourth-order valence-corrected chi connectivity index (χ4v) is 3.33. The molecule has 2 heterocycles.